The normalized spacial score (nSPS) is 18.4. The van der Waals surface area contributed by atoms with Crippen molar-refractivity contribution in [3.8, 4) is 0 Å². The van der Waals surface area contributed by atoms with Crippen LogP contribution < -0.4 is 16.0 Å². The van der Waals surface area contributed by atoms with Crippen LogP contribution in [0.3, 0.4) is 0 Å². The maximum atomic E-state index is 11.7. The van der Waals surface area contributed by atoms with Crippen LogP contribution in [0.2, 0.25) is 0 Å². The average molecular weight is 370 g/mol. The molecule has 0 aromatic heterocycles. The van der Waals surface area contributed by atoms with Crippen LogP contribution in [0.4, 0.5) is 16.2 Å². The molecule has 1 aromatic rings. The number of ether oxygens (including phenoxy) is 1. The van der Waals surface area contributed by atoms with Gasteiger partial charge in [0.05, 0.1) is 0 Å². The second-order valence-electron chi connectivity index (χ2n) is 6.69. The fourth-order valence-corrected chi connectivity index (χ4v) is 2.86. The number of hydrogen-bond donors (Lipinski definition) is 2. The second-order valence-corrected chi connectivity index (χ2v) is 7.54. The maximum absolute atomic E-state index is 11.7. The fraction of sp³-hybridized carbons (Fsp3) is 0.562. The molecule has 0 saturated carbocycles. The number of carbonyl (C=O) groups is 1. The molecular weight excluding hydrogens is 346 g/mol. The van der Waals surface area contributed by atoms with Crippen LogP contribution in [0, 0.1) is 5.92 Å². The lowest BCUT2D eigenvalue weighted by atomic mass is 10.1. The van der Waals surface area contributed by atoms with Gasteiger partial charge >= 0.3 is 6.09 Å². The molecule has 0 bridgehead atoms. The maximum Gasteiger partial charge on any atom is 0.407 e. The van der Waals surface area contributed by atoms with Crippen molar-refractivity contribution in [3.05, 3.63) is 22.7 Å². The molecular formula is C16H24BrN3O2. The summed E-state index contributed by atoms with van der Waals surface area (Å²) in [5.74, 6) is 0.434. The number of rotatable bonds is 3. The zero-order valence-electron chi connectivity index (χ0n) is 13.4. The number of nitrogens with two attached hydrogens (primary N) is 1. The lowest BCUT2D eigenvalue weighted by Gasteiger charge is -2.21. The predicted octanol–water partition coefficient (Wildman–Crippen LogP) is 3.38. The molecule has 1 saturated heterocycles. The second kappa shape index (κ2) is 6.77. The molecule has 1 amide bonds. The third-order valence-electron chi connectivity index (χ3n) is 3.57. The minimum Gasteiger partial charge on any atom is -0.444 e. The van der Waals surface area contributed by atoms with Gasteiger partial charge in [0, 0.05) is 35.5 Å². The van der Waals surface area contributed by atoms with E-state index in [9.17, 15) is 4.79 Å². The number of nitrogens with one attached hydrogen (secondary N) is 1. The largest absolute Gasteiger partial charge is 0.444 e. The molecule has 1 aliphatic rings. The van der Waals surface area contributed by atoms with Crippen molar-refractivity contribution in [1.82, 2.24) is 5.32 Å². The monoisotopic (exact) mass is 369 g/mol. The summed E-state index contributed by atoms with van der Waals surface area (Å²) in [6.45, 7) is 8.14. The summed E-state index contributed by atoms with van der Waals surface area (Å²) in [6, 6.07) is 5.98. The first kappa shape index (κ1) is 16.9. The number of halogens is 1. The number of alkyl carbamates (subject to hydrolysis) is 1. The third-order valence-corrected chi connectivity index (χ3v) is 4.26. The lowest BCUT2D eigenvalue weighted by molar-refractivity contribution is 0.0520. The van der Waals surface area contributed by atoms with Crippen LogP contribution in [-0.4, -0.2) is 31.3 Å². The van der Waals surface area contributed by atoms with E-state index in [2.05, 4.69) is 26.1 Å². The third kappa shape index (κ3) is 4.80. The molecule has 0 radical (unpaired) electrons. The van der Waals surface area contributed by atoms with E-state index in [0.29, 0.717) is 12.5 Å². The Bertz CT molecular complexity index is 543. The fourth-order valence-electron chi connectivity index (χ4n) is 2.49. The van der Waals surface area contributed by atoms with Gasteiger partial charge in [0.15, 0.2) is 0 Å². The highest BCUT2D eigenvalue weighted by Crippen LogP contribution is 2.29. The van der Waals surface area contributed by atoms with Gasteiger partial charge in [0.25, 0.3) is 0 Å². The smallest absolute Gasteiger partial charge is 0.407 e. The summed E-state index contributed by atoms with van der Waals surface area (Å²) in [5.41, 5.74) is 7.26. The number of benzene rings is 1. The quantitative estimate of drug-likeness (QED) is 0.801. The Morgan fingerprint density at radius 3 is 2.86 bits per heavy atom. The number of nitrogens with zero attached hydrogens (tertiary/aromatic N) is 1. The van der Waals surface area contributed by atoms with Gasteiger partial charge in [-0.1, -0.05) is 0 Å². The highest BCUT2D eigenvalue weighted by atomic mass is 79.9. The number of anilines is 2. The molecule has 122 valence electrons. The summed E-state index contributed by atoms with van der Waals surface area (Å²) in [5, 5.41) is 2.86. The van der Waals surface area contributed by atoms with Crippen molar-refractivity contribution in [2.75, 3.05) is 30.3 Å². The van der Waals surface area contributed by atoms with E-state index in [0.717, 1.165) is 35.4 Å². The molecule has 0 spiro atoms. The van der Waals surface area contributed by atoms with Crippen LogP contribution in [0.15, 0.2) is 22.7 Å². The Labute approximate surface area is 140 Å². The Morgan fingerprint density at radius 2 is 2.23 bits per heavy atom. The molecule has 1 aromatic carbocycles. The summed E-state index contributed by atoms with van der Waals surface area (Å²) < 4.78 is 6.17. The first-order valence-corrected chi connectivity index (χ1v) is 8.31. The molecule has 1 heterocycles. The van der Waals surface area contributed by atoms with Crippen molar-refractivity contribution in [1.29, 1.82) is 0 Å². The SMILES string of the molecule is CC(C)(C)OC(=O)NCC1CCN(c2ccc(N)c(Br)c2)C1. The summed E-state index contributed by atoms with van der Waals surface area (Å²) in [7, 11) is 0. The van der Waals surface area contributed by atoms with Crippen LogP contribution in [0.25, 0.3) is 0 Å². The highest BCUT2D eigenvalue weighted by molar-refractivity contribution is 9.10. The Balaban J connectivity index is 1.83. The number of amides is 1. The van der Waals surface area contributed by atoms with E-state index in [1.165, 1.54) is 0 Å². The van der Waals surface area contributed by atoms with Gasteiger partial charge < -0.3 is 20.7 Å². The van der Waals surface area contributed by atoms with Crippen molar-refractivity contribution >= 4 is 33.4 Å². The molecule has 6 heteroatoms. The van der Waals surface area contributed by atoms with Crippen molar-refractivity contribution < 1.29 is 9.53 Å². The number of hydrogen-bond acceptors (Lipinski definition) is 4. The summed E-state index contributed by atoms with van der Waals surface area (Å²) in [6.07, 6.45) is 0.707. The van der Waals surface area contributed by atoms with Gasteiger partial charge in [-0.05, 0) is 67.2 Å². The first-order chi connectivity index (χ1) is 10.2. The molecule has 1 aliphatic heterocycles. The average Bonchev–Trinajstić information content (AvgIpc) is 2.86. The summed E-state index contributed by atoms with van der Waals surface area (Å²) >= 11 is 3.46. The van der Waals surface area contributed by atoms with E-state index >= 15 is 0 Å². The number of nitrogen functional groups attached to an aromatic ring is 1. The molecule has 2 rings (SSSR count). The van der Waals surface area contributed by atoms with Gasteiger partial charge in [-0.2, -0.15) is 0 Å². The summed E-state index contributed by atoms with van der Waals surface area (Å²) in [4.78, 5) is 14.0. The van der Waals surface area contributed by atoms with Gasteiger partial charge in [-0.3, -0.25) is 0 Å². The van der Waals surface area contributed by atoms with Gasteiger partial charge in [-0.15, -0.1) is 0 Å². The molecule has 1 atom stereocenters. The molecule has 1 fully saturated rings. The zero-order chi connectivity index (χ0) is 16.3. The van der Waals surface area contributed by atoms with Gasteiger partial charge in [0.1, 0.15) is 5.60 Å². The van der Waals surface area contributed by atoms with E-state index in [1.54, 1.807) is 0 Å². The Morgan fingerprint density at radius 1 is 1.50 bits per heavy atom. The zero-order valence-corrected chi connectivity index (χ0v) is 14.9. The van der Waals surface area contributed by atoms with Crippen LogP contribution in [0.1, 0.15) is 27.2 Å². The van der Waals surface area contributed by atoms with Crippen molar-refractivity contribution in [3.63, 3.8) is 0 Å². The van der Waals surface area contributed by atoms with E-state index in [-0.39, 0.29) is 6.09 Å². The molecule has 3 N–H and O–H groups in total. The lowest BCUT2D eigenvalue weighted by Crippen LogP contribution is -2.36. The van der Waals surface area contributed by atoms with Crippen molar-refractivity contribution in [2.24, 2.45) is 5.92 Å². The number of carbonyl (C=O) groups excluding carboxylic acids is 1. The Hall–Kier alpha value is -1.43. The standard InChI is InChI=1S/C16H24BrN3O2/c1-16(2,3)22-15(21)19-9-11-6-7-20(10-11)12-4-5-14(18)13(17)8-12/h4-5,8,11H,6-7,9-10,18H2,1-3H3,(H,19,21). The van der Waals surface area contributed by atoms with E-state index in [4.69, 9.17) is 10.5 Å². The first-order valence-electron chi connectivity index (χ1n) is 7.51. The minimum atomic E-state index is -0.456. The van der Waals surface area contributed by atoms with E-state index < -0.39 is 5.60 Å². The highest BCUT2D eigenvalue weighted by Gasteiger charge is 2.24. The van der Waals surface area contributed by atoms with E-state index in [1.807, 2.05) is 39.0 Å². The van der Waals surface area contributed by atoms with Crippen LogP contribution in [-0.2, 0) is 4.74 Å². The molecule has 1 unspecified atom stereocenters. The van der Waals surface area contributed by atoms with Crippen molar-refractivity contribution in [2.45, 2.75) is 32.8 Å². The van der Waals surface area contributed by atoms with Crippen LogP contribution >= 0.6 is 15.9 Å². The topological polar surface area (TPSA) is 67.6 Å². The Kier molecular flexibility index (Phi) is 5.21. The molecule has 5 nitrogen and oxygen atoms in total. The van der Waals surface area contributed by atoms with Gasteiger partial charge in [0.2, 0.25) is 0 Å². The minimum absolute atomic E-state index is 0.346. The predicted molar refractivity (Wildman–Crippen MR) is 93.1 cm³/mol. The molecule has 22 heavy (non-hydrogen) atoms. The van der Waals surface area contributed by atoms with Crippen LogP contribution in [0.5, 0.6) is 0 Å². The van der Waals surface area contributed by atoms with Gasteiger partial charge in [-0.25, -0.2) is 4.79 Å². The molecule has 0 aliphatic carbocycles.